The van der Waals surface area contributed by atoms with E-state index in [-0.39, 0.29) is 37.4 Å². The number of esters is 2. The van der Waals surface area contributed by atoms with E-state index < -0.39 is 22.6 Å². The predicted octanol–water partition coefficient (Wildman–Crippen LogP) is 4.13. The maximum Gasteiger partial charge on any atom is 0.322 e. The first kappa shape index (κ1) is 32.2. The van der Waals surface area contributed by atoms with Crippen LogP contribution in [0.2, 0.25) is 0 Å². The second kappa shape index (κ2) is 16.7. The van der Waals surface area contributed by atoms with Gasteiger partial charge in [-0.1, -0.05) is 44.2 Å². The van der Waals surface area contributed by atoms with Crippen LogP contribution in [0.5, 0.6) is 0 Å². The molecular formula is C23H42N2O5S3. The van der Waals surface area contributed by atoms with Crippen LogP contribution >= 0.6 is 35.7 Å². The number of carbonyl (C=O) groups excluding carboxylic acids is 3. The molecule has 33 heavy (non-hydrogen) atoms. The summed E-state index contributed by atoms with van der Waals surface area (Å²) < 4.78 is 10.0. The molecule has 192 valence electrons. The third-order valence-corrected chi connectivity index (χ3v) is 7.80. The van der Waals surface area contributed by atoms with Gasteiger partial charge in [-0.3, -0.25) is 14.4 Å². The molecule has 0 aliphatic rings. The van der Waals surface area contributed by atoms with Crippen molar-refractivity contribution in [1.82, 2.24) is 10.2 Å². The Morgan fingerprint density at radius 1 is 1.18 bits per heavy atom. The van der Waals surface area contributed by atoms with Gasteiger partial charge in [0.25, 0.3) is 0 Å². The third kappa shape index (κ3) is 13.6. The molecule has 0 fully saturated rings. The molecule has 0 rings (SSSR count). The molecule has 7 nitrogen and oxygen atoms in total. The summed E-state index contributed by atoms with van der Waals surface area (Å²) in [6.07, 6.45) is 2.56. The first-order valence-corrected chi connectivity index (χ1v) is 13.6. The van der Waals surface area contributed by atoms with E-state index in [1.54, 1.807) is 25.6 Å². The van der Waals surface area contributed by atoms with Gasteiger partial charge in [-0.15, -0.1) is 11.8 Å². The number of hydrogen-bond donors (Lipinski definition) is 1. The number of thiocarbonyl (C=S) groups is 1. The number of unbranched alkanes of at least 4 members (excludes halogenated alkanes) is 1. The first-order valence-electron chi connectivity index (χ1n) is 11.4. The zero-order valence-corrected chi connectivity index (χ0v) is 23.8. The summed E-state index contributed by atoms with van der Waals surface area (Å²) in [7, 11) is 5.14. The van der Waals surface area contributed by atoms with Crippen LogP contribution < -0.4 is 5.32 Å². The van der Waals surface area contributed by atoms with Gasteiger partial charge < -0.3 is 19.7 Å². The number of carbonyl (C=O) groups is 3. The summed E-state index contributed by atoms with van der Waals surface area (Å²) >= 11 is 8.39. The highest BCUT2D eigenvalue weighted by atomic mass is 32.2. The van der Waals surface area contributed by atoms with Crippen LogP contribution in [0.3, 0.4) is 0 Å². The fourth-order valence-corrected chi connectivity index (χ4v) is 6.27. The maximum atomic E-state index is 13.2. The van der Waals surface area contributed by atoms with Crippen LogP contribution in [0.15, 0.2) is 0 Å². The van der Waals surface area contributed by atoms with E-state index in [2.05, 4.69) is 12.2 Å². The lowest BCUT2D eigenvalue weighted by Gasteiger charge is -2.31. The number of hydrogen-bond acceptors (Lipinski definition) is 9. The normalized spacial score (nSPS) is 15.0. The molecular weight excluding hydrogens is 480 g/mol. The third-order valence-electron chi connectivity index (χ3n) is 4.91. The topological polar surface area (TPSA) is 84.9 Å². The van der Waals surface area contributed by atoms with Crippen LogP contribution in [-0.4, -0.2) is 77.2 Å². The van der Waals surface area contributed by atoms with Crippen molar-refractivity contribution in [2.45, 2.75) is 71.1 Å². The Balaban J connectivity index is 5.75. The molecule has 10 heteroatoms. The van der Waals surface area contributed by atoms with Gasteiger partial charge in [-0.25, -0.2) is 0 Å². The lowest BCUT2D eigenvalue weighted by atomic mass is 9.86. The largest absolute Gasteiger partial charge is 0.469 e. The highest BCUT2D eigenvalue weighted by Gasteiger charge is 2.42. The monoisotopic (exact) mass is 522 g/mol. The fourth-order valence-electron chi connectivity index (χ4n) is 3.03. The van der Waals surface area contributed by atoms with E-state index in [1.165, 1.54) is 18.9 Å². The minimum Gasteiger partial charge on any atom is -0.469 e. The number of nitrogens with zero attached hydrogens (tertiary/aromatic N) is 1. The van der Waals surface area contributed by atoms with E-state index in [1.807, 2.05) is 32.8 Å². The van der Waals surface area contributed by atoms with E-state index >= 15 is 0 Å². The molecule has 0 aliphatic heterocycles. The van der Waals surface area contributed by atoms with Gasteiger partial charge in [0, 0.05) is 18.5 Å². The summed E-state index contributed by atoms with van der Waals surface area (Å²) in [6.45, 7) is 10.2. The zero-order valence-electron chi connectivity index (χ0n) is 21.4. The Hall–Kier alpha value is -0.840. The Morgan fingerprint density at radius 3 is 2.33 bits per heavy atom. The molecule has 0 aliphatic carbocycles. The minimum atomic E-state index is -1.06. The van der Waals surface area contributed by atoms with Crippen LogP contribution in [0, 0.1) is 11.8 Å². The lowest BCUT2D eigenvalue weighted by Crippen LogP contribution is -2.44. The van der Waals surface area contributed by atoms with E-state index in [9.17, 15) is 14.4 Å². The van der Waals surface area contributed by atoms with E-state index in [0.717, 1.165) is 18.6 Å². The van der Waals surface area contributed by atoms with Crippen molar-refractivity contribution in [3.8, 4) is 0 Å². The smallest absolute Gasteiger partial charge is 0.322 e. The van der Waals surface area contributed by atoms with E-state index in [4.69, 9.17) is 21.7 Å². The molecule has 0 spiro atoms. The molecule has 0 aromatic rings. The summed E-state index contributed by atoms with van der Waals surface area (Å²) in [4.78, 5) is 40.2. The molecule has 0 aromatic heterocycles. The van der Waals surface area contributed by atoms with Gasteiger partial charge in [0.15, 0.2) is 0 Å². The maximum absolute atomic E-state index is 13.2. The molecule has 0 bridgehead atoms. The molecule has 0 saturated heterocycles. The minimum absolute atomic E-state index is 0.0648. The van der Waals surface area contributed by atoms with E-state index in [0.29, 0.717) is 10.1 Å². The van der Waals surface area contributed by atoms with Crippen molar-refractivity contribution in [2.24, 2.45) is 11.8 Å². The molecule has 0 aromatic carbocycles. The van der Waals surface area contributed by atoms with Gasteiger partial charge in [0.2, 0.25) is 5.91 Å². The molecule has 0 radical (unpaired) electrons. The average Bonchev–Trinajstić information content (AvgIpc) is 2.71. The zero-order chi connectivity index (χ0) is 25.6. The van der Waals surface area contributed by atoms with Crippen LogP contribution in [0.25, 0.3) is 0 Å². The van der Waals surface area contributed by atoms with Crippen LogP contribution in [-0.2, 0) is 23.9 Å². The standard InChI is InChI=1S/C23H42N2O5S3/c1-9-10-13-32-22(31)33-23(5,21(28)30-12-11-25(6)7)15-18(19(26)24-16(2)3)14-17(4)20(27)29-8/h16-18H,9-15H2,1-8H3,(H,24,26). The Morgan fingerprint density at radius 2 is 1.82 bits per heavy atom. The first-order chi connectivity index (χ1) is 15.4. The lowest BCUT2D eigenvalue weighted by molar-refractivity contribution is -0.147. The van der Waals surface area contributed by atoms with Crippen molar-refractivity contribution in [3.05, 3.63) is 0 Å². The summed E-state index contributed by atoms with van der Waals surface area (Å²) in [5, 5.41) is 2.92. The van der Waals surface area contributed by atoms with Crippen molar-refractivity contribution >= 4 is 57.1 Å². The Bertz CT molecular complexity index is 646. The quantitative estimate of drug-likeness (QED) is 0.194. The predicted molar refractivity (Wildman–Crippen MR) is 143 cm³/mol. The number of methoxy groups -OCH3 is 1. The molecule has 3 atom stereocenters. The fraction of sp³-hybridized carbons (Fsp3) is 0.826. The van der Waals surface area contributed by atoms with Gasteiger partial charge >= 0.3 is 11.9 Å². The summed E-state index contributed by atoms with van der Waals surface area (Å²) in [5.41, 5.74) is 0. The molecule has 0 heterocycles. The van der Waals surface area contributed by atoms with Crippen molar-refractivity contribution in [1.29, 1.82) is 0 Å². The Kier molecular flexibility index (Phi) is 16.3. The van der Waals surface area contributed by atoms with Crippen molar-refractivity contribution in [2.75, 3.05) is 40.1 Å². The number of nitrogens with one attached hydrogen (secondary N) is 1. The van der Waals surface area contributed by atoms with Gasteiger partial charge in [0.05, 0.1) is 13.0 Å². The van der Waals surface area contributed by atoms with Gasteiger partial charge in [-0.2, -0.15) is 0 Å². The van der Waals surface area contributed by atoms with Crippen molar-refractivity contribution in [3.63, 3.8) is 0 Å². The van der Waals surface area contributed by atoms with Gasteiger partial charge in [-0.05, 0) is 59.9 Å². The van der Waals surface area contributed by atoms with Crippen LogP contribution in [0.1, 0.15) is 60.3 Å². The molecule has 0 saturated carbocycles. The SMILES string of the molecule is CCCCSC(=S)SC(C)(CC(CC(C)C(=O)OC)C(=O)NC(C)C)C(=O)OCCN(C)C. The summed E-state index contributed by atoms with van der Waals surface area (Å²) in [6, 6.07) is -0.0648. The Labute approximate surface area is 213 Å². The van der Waals surface area contributed by atoms with Crippen molar-refractivity contribution < 1.29 is 23.9 Å². The molecule has 1 amide bonds. The molecule has 1 N–H and O–H groups in total. The second-order valence-corrected chi connectivity index (χ2v) is 12.8. The highest BCUT2D eigenvalue weighted by molar-refractivity contribution is 8.47. The number of likely N-dealkylation sites (N-methyl/N-ethyl adjacent to an activating group) is 1. The number of thioether (sulfide) groups is 2. The summed E-state index contributed by atoms with van der Waals surface area (Å²) in [5.74, 6) is -1.17. The molecule has 3 unspecified atom stereocenters. The van der Waals surface area contributed by atoms with Gasteiger partial charge in [0.1, 0.15) is 14.9 Å². The average molecular weight is 523 g/mol. The second-order valence-electron chi connectivity index (χ2n) is 8.95. The number of rotatable bonds is 15. The number of ether oxygens (including phenoxy) is 2. The van der Waals surface area contributed by atoms with Crippen LogP contribution in [0.4, 0.5) is 0 Å². The number of amides is 1. The highest BCUT2D eigenvalue weighted by Crippen LogP contribution is 2.39.